The van der Waals surface area contributed by atoms with Gasteiger partial charge < -0.3 is 0 Å². The maximum Gasteiger partial charge on any atom is 0.460 e. The van der Waals surface area contributed by atoms with Crippen LogP contribution in [0, 0.1) is 0 Å². The fraction of sp³-hybridized carbons (Fsp3) is 0.900. The predicted octanol–water partition coefficient (Wildman–Crippen LogP) is 5.91. The number of hydrogen-bond donors (Lipinski definition) is 0. The van der Waals surface area contributed by atoms with Gasteiger partial charge in [-0.25, -0.2) is 4.99 Å². The van der Waals surface area contributed by atoms with Gasteiger partial charge in [-0.15, -0.1) is 11.8 Å². The van der Waals surface area contributed by atoms with E-state index in [2.05, 4.69) is 17.2 Å². The first-order valence-corrected chi connectivity index (χ1v) is 7.44. The molecule has 0 fully saturated rings. The van der Waals surface area contributed by atoms with Crippen LogP contribution in [-0.2, 0) is 0 Å². The Balaban J connectivity index is 5.74. The van der Waals surface area contributed by atoms with E-state index in [1.165, 1.54) is 0 Å². The first-order chi connectivity index (χ1) is 11.3. The Morgan fingerprint density at radius 3 is 1.50 bits per heavy atom. The zero-order valence-corrected chi connectivity index (χ0v) is 13.4. The van der Waals surface area contributed by atoms with Gasteiger partial charge in [0.2, 0.25) is 0 Å². The van der Waals surface area contributed by atoms with Gasteiger partial charge in [0, 0.05) is 12.2 Å². The topological polar surface area (TPSA) is 12.4 Å². The number of alkyl halides is 13. The maximum atomic E-state index is 13.3. The zero-order valence-electron chi connectivity index (χ0n) is 11.8. The summed E-state index contributed by atoms with van der Waals surface area (Å²) in [6.07, 6.45) is -9.65. The van der Waals surface area contributed by atoms with Crippen LogP contribution in [0.4, 0.5) is 57.1 Å². The molecule has 1 nitrogen and oxygen atoms in total. The van der Waals surface area contributed by atoms with Gasteiger partial charge >= 0.3 is 35.8 Å². The molecule has 0 bridgehead atoms. The van der Waals surface area contributed by atoms with Gasteiger partial charge in [-0.1, -0.05) is 0 Å². The zero-order chi connectivity index (χ0) is 21.2. The molecule has 0 rings (SSSR count). The molecule has 0 N–H and O–H groups in total. The van der Waals surface area contributed by atoms with Crippen molar-refractivity contribution in [3.05, 3.63) is 0 Å². The number of thiocarbonyl (C=S) groups is 1. The number of aliphatic imine (C=N–C) groups is 1. The number of nitrogens with zero attached hydrogens (tertiary/aromatic N) is 1. The van der Waals surface area contributed by atoms with E-state index >= 15 is 0 Å². The molecule has 0 amide bonds. The first kappa shape index (κ1) is 25.2. The van der Waals surface area contributed by atoms with Crippen molar-refractivity contribution in [2.75, 3.05) is 11.6 Å². The van der Waals surface area contributed by atoms with Crippen molar-refractivity contribution < 1.29 is 57.1 Å². The van der Waals surface area contributed by atoms with Gasteiger partial charge in [0.1, 0.15) is 0 Å². The van der Waals surface area contributed by atoms with E-state index in [0.717, 1.165) is 0 Å². The van der Waals surface area contributed by atoms with Gasteiger partial charge in [-0.2, -0.15) is 57.1 Å². The van der Waals surface area contributed by atoms with E-state index in [-0.39, 0.29) is 11.8 Å². The minimum Gasteiger partial charge on any atom is -0.222 e. The van der Waals surface area contributed by atoms with Crippen LogP contribution in [0.1, 0.15) is 6.42 Å². The highest BCUT2D eigenvalue weighted by molar-refractivity contribution is 7.99. The number of isothiocyanates is 1. The highest BCUT2D eigenvalue weighted by Crippen LogP contribution is 2.60. The molecule has 0 spiro atoms. The summed E-state index contributed by atoms with van der Waals surface area (Å²) in [6, 6.07) is 0. The fourth-order valence-electron chi connectivity index (χ4n) is 1.30. The Morgan fingerprint density at radius 2 is 1.12 bits per heavy atom. The van der Waals surface area contributed by atoms with Crippen molar-refractivity contribution >= 4 is 29.1 Å². The van der Waals surface area contributed by atoms with E-state index in [1.54, 1.807) is 5.16 Å². The maximum absolute atomic E-state index is 13.3. The van der Waals surface area contributed by atoms with Crippen molar-refractivity contribution in [3.8, 4) is 0 Å². The van der Waals surface area contributed by atoms with E-state index < -0.39 is 53.8 Å². The Morgan fingerprint density at radius 1 is 0.692 bits per heavy atom. The van der Waals surface area contributed by atoms with Crippen LogP contribution in [0.15, 0.2) is 4.99 Å². The van der Waals surface area contributed by atoms with Crippen molar-refractivity contribution in [1.82, 2.24) is 0 Å². The average Bonchev–Trinajstić information content (AvgIpc) is 2.44. The van der Waals surface area contributed by atoms with Gasteiger partial charge in [0.05, 0.1) is 11.0 Å². The normalized spacial score (nSPS) is 15.0. The average molecular weight is 451 g/mol. The highest BCUT2D eigenvalue weighted by atomic mass is 32.2. The van der Waals surface area contributed by atoms with Crippen LogP contribution < -0.4 is 0 Å². The minimum atomic E-state index is -7.86. The molecule has 0 radical (unpaired) electrons. The van der Waals surface area contributed by atoms with Gasteiger partial charge in [-0.05, 0) is 12.2 Å². The van der Waals surface area contributed by atoms with Crippen LogP contribution in [0.25, 0.3) is 0 Å². The van der Waals surface area contributed by atoms with Crippen molar-refractivity contribution in [1.29, 1.82) is 0 Å². The Hall–Kier alpha value is -0.760. The summed E-state index contributed by atoms with van der Waals surface area (Å²) in [6.45, 7) is 0. The van der Waals surface area contributed by atoms with E-state index in [9.17, 15) is 57.1 Å². The summed E-state index contributed by atoms with van der Waals surface area (Å²) in [5, 5.41) is 1.71. The first-order valence-electron chi connectivity index (χ1n) is 5.88. The number of halogens is 13. The molecule has 0 aliphatic carbocycles. The smallest absolute Gasteiger partial charge is 0.222 e. The lowest BCUT2D eigenvalue weighted by molar-refractivity contribution is -0.439. The molecule has 26 heavy (non-hydrogen) atoms. The summed E-state index contributed by atoms with van der Waals surface area (Å²) in [5.41, 5.74) is 0. The molecule has 0 atom stereocenters. The van der Waals surface area contributed by atoms with E-state index in [1.807, 2.05) is 0 Å². The molecular formula is C10H6F13NS2. The number of rotatable bonds is 9. The molecule has 0 aliphatic heterocycles. The second-order valence-electron chi connectivity index (χ2n) is 4.54. The van der Waals surface area contributed by atoms with Gasteiger partial charge in [0.25, 0.3) is 0 Å². The van der Waals surface area contributed by atoms with Crippen LogP contribution in [-0.4, -0.2) is 52.6 Å². The Bertz CT molecular complexity index is 536. The van der Waals surface area contributed by atoms with Crippen LogP contribution in [0.5, 0.6) is 0 Å². The van der Waals surface area contributed by atoms with Gasteiger partial charge in [-0.3, -0.25) is 0 Å². The lowest BCUT2D eigenvalue weighted by atomic mass is 9.93. The highest BCUT2D eigenvalue weighted by Gasteiger charge is 2.90. The molecular weight excluding hydrogens is 445 g/mol. The summed E-state index contributed by atoms with van der Waals surface area (Å²) in [4.78, 5) is 3.10. The van der Waals surface area contributed by atoms with E-state index in [4.69, 9.17) is 0 Å². The summed E-state index contributed by atoms with van der Waals surface area (Å²) >= 11 is 4.32. The third kappa shape index (κ3) is 4.21. The molecule has 0 aromatic heterocycles. The second-order valence-corrected chi connectivity index (χ2v) is 5.79. The van der Waals surface area contributed by atoms with Crippen LogP contribution in [0.3, 0.4) is 0 Å². The minimum absolute atomic E-state index is 0.279. The molecule has 0 saturated heterocycles. The van der Waals surface area contributed by atoms with Gasteiger partial charge in [0.15, 0.2) is 0 Å². The predicted molar refractivity (Wildman–Crippen MR) is 67.8 cm³/mol. The molecule has 154 valence electrons. The summed E-state index contributed by atoms with van der Waals surface area (Å²) < 4.78 is 166. The van der Waals surface area contributed by atoms with Crippen LogP contribution >= 0.6 is 24.0 Å². The monoisotopic (exact) mass is 451 g/mol. The molecule has 0 aromatic rings. The largest absolute Gasteiger partial charge is 0.460 e. The van der Waals surface area contributed by atoms with E-state index in [0.29, 0.717) is 0 Å². The van der Waals surface area contributed by atoms with Crippen molar-refractivity contribution in [2.45, 2.75) is 42.2 Å². The second kappa shape index (κ2) is 7.70. The standard InChI is InChI=1S/C10H6F13NS2/c11-5(12,1-2-26-4-24-3-25)6(13,14)7(15,16)8(17,18)9(19,20)10(21,22)23/h1-2,4H2. The number of thioether (sulfide) groups is 1. The molecule has 0 aliphatic rings. The Kier molecular flexibility index (Phi) is 7.47. The van der Waals surface area contributed by atoms with Crippen LogP contribution in [0.2, 0.25) is 0 Å². The lowest BCUT2D eigenvalue weighted by Crippen LogP contribution is -2.70. The molecule has 0 aromatic carbocycles. The third-order valence-electron chi connectivity index (χ3n) is 2.78. The molecule has 0 unspecified atom stereocenters. The fourth-order valence-corrected chi connectivity index (χ4v) is 2.13. The molecule has 0 saturated carbocycles. The Labute approximate surface area is 146 Å². The summed E-state index contributed by atoms with van der Waals surface area (Å²) in [7, 11) is 0. The van der Waals surface area contributed by atoms with Crippen molar-refractivity contribution in [3.63, 3.8) is 0 Å². The molecule has 16 heteroatoms. The third-order valence-corrected chi connectivity index (χ3v) is 3.71. The quantitative estimate of drug-likeness (QED) is 0.187. The number of hydrogen-bond acceptors (Lipinski definition) is 3. The van der Waals surface area contributed by atoms with Crippen molar-refractivity contribution in [2.24, 2.45) is 4.99 Å². The molecule has 0 heterocycles. The summed E-state index contributed by atoms with van der Waals surface area (Å²) in [5.74, 6) is -38.1. The lowest BCUT2D eigenvalue weighted by Gasteiger charge is -2.39. The SMILES string of the molecule is FC(F)(F)C(F)(F)C(F)(F)C(F)(F)C(F)(F)C(F)(F)CCSCN=C=S.